The van der Waals surface area contributed by atoms with Gasteiger partial charge in [-0.1, -0.05) is 30.3 Å². The highest BCUT2D eigenvalue weighted by molar-refractivity contribution is 7.89. The van der Waals surface area contributed by atoms with E-state index in [2.05, 4.69) is 38.4 Å². The van der Waals surface area contributed by atoms with Gasteiger partial charge in [-0.2, -0.15) is 11.3 Å². The summed E-state index contributed by atoms with van der Waals surface area (Å²) in [6.45, 7) is 4.25. The number of fused-ring (bicyclic) bond motifs is 1. The highest BCUT2D eigenvalue weighted by Crippen LogP contribution is 2.25. The first-order valence-electron chi connectivity index (χ1n) is 9.46. The lowest BCUT2D eigenvalue weighted by molar-refractivity contribution is 0.113. The number of nitrogens with one attached hydrogen (secondary N) is 1. The van der Waals surface area contributed by atoms with Crippen LogP contribution in [0.5, 0.6) is 0 Å². The zero-order valence-electron chi connectivity index (χ0n) is 15.9. The van der Waals surface area contributed by atoms with Crippen LogP contribution in [0.1, 0.15) is 11.6 Å². The van der Waals surface area contributed by atoms with Crippen molar-refractivity contribution >= 4 is 32.1 Å². The Hall–Kier alpha value is -1.77. The Balaban J connectivity index is 1.53. The molecular weight excluding hydrogens is 390 g/mol. The van der Waals surface area contributed by atoms with E-state index in [1.807, 2.05) is 30.3 Å². The fraction of sp³-hybridized carbons (Fsp3) is 0.333. The van der Waals surface area contributed by atoms with Crippen LogP contribution in [0.25, 0.3) is 10.8 Å². The maximum absolute atomic E-state index is 12.9. The number of thiophene rings is 1. The minimum Gasteiger partial charge on any atom is -0.304 e. The maximum Gasteiger partial charge on any atom is 0.240 e. The van der Waals surface area contributed by atoms with E-state index in [-0.39, 0.29) is 6.04 Å². The lowest BCUT2D eigenvalue weighted by Crippen LogP contribution is -2.48. The second kappa shape index (κ2) is 8.31. The zero-order chi connectivity index (χ0) is 19.6. The van der Waals surface area contributed by atoms with Crippen molar-refractivity contribution in [1.29, 1.82) is 0 Å². The van der Waals surface area contributed by atoms with Crippen molar-refractivity contribution in [3.8, 4) is 0 Å². The molecule has 1 atom stereocenters. The average molecular weight is 416 g/mol. The van der Waals surface area contributed by atoms with Crippen LogP contribution in [0.2, 0.25) is 0 Å². The lowest BCUT2D eigenvalue weighted by Gasteiger charge is -2.37. The summed E-state index contributed by atoms with van der Waals surface area (Å²) in [6.07, 6.45) is 0. The third kappa shape index (κ3) is 4.29. The van der Waals surface area contributed by atoms with Crippen LogP contribution in [-0.4, -0.2) is 58.0 Å². The summed E-state index contributed by atoms with van der Waals surface area (Å²) in [7, 11) is -1.45. The quantitative estimate of drug-likeness (QED) is 0.672. The zero-order valence-corrected chi connectivity index (χ0v) is 17.5. The number of rotatable bonds is 6. The smallest absolute Gasteiger partial charge is 0.240 e. The first-order chi connectivity index (χ1) is 13.5. The highest BCUT2D eigenvalue weighted by Gasteiger charge is 2.26. The molecule has 4 rings (SSSR count). The van der Waals surface area contributed by atoms with Gasteiger partial charge < -0.3 is 4.90 Å². The first-order valence-corrected chi connectivity index (χ1v) is 11.9. The van der Waals surface area contributed by atoms with Gasteiger partial charge in [-0.15, -0.1) is 0 Å². The molecule has 1 aliphatic rings. The predicted octanol–water partition coefficient (Wildman–Crippen LogP) is 3.17. The van der Waals surface area contributed by atoms with Crippen LogP contribution in [0.3, 0.4) is 0 Å². The molecule has 1 saturated heterocycles. The summed E-state index contributed by atoms with van der Waals surface area (Å²) in [5.74, 6) is 0. The molecule has 1 aliphatic heterocycles. The molecule has 1 N–H and O–H groups in total. The van der Waals surface area contributed by atoms with Gasteiger partial charge in [0, 0.05) is 38.8 Å². The molecule has 0 bridgehead atoms. The second-order valence-corrected chi connectivity index (χ2v) is 9.82. The molecule has 2 aromatic carbocycles. The number of likely N-dealkylation sites (N-methyl/N-ethyl adjacent to an activating group) is 1. The van der Waals surface area contributed by atoms with Crippen molar-refractivity contribution in [2.45, 2.75) is 10.9 Å². The van der Waals surface area contributed by atoms with Crippen molar-refractivity contribution in [2.24, 2.45) is 0 Å². The number of hydrogen-bond donors (Lipinski definition) is 1. The normalized spacial score (nSPS) is 17.8. The van der Waals surface area contributed by atoms with Gasteiger partial charge in [-0.25, -0.2) is 13.1 Å². The molecule has 1 fully saturated rings. The largest absolute Gasteiger partial charge is 0.304 e. The Morgan fingerprint density at radius 3 is 2.50 bits per heavy atom. The molecule has 1 aromatic heterocycles. The summed E-state index contributed by atoms with van der Waals surface area (Å²) in [4.78, 5) is 5.00. The molecule has 0 amide bonds. The minimum absolute atomic E-state index is 0.0511. The molecule has 7 heteroatoms. The Morgan fingerprint density at radius 1 is 1.04 bits per heavy atom. The molecule has 2 heterocycles. The number of hydrogen-bond acceptors (Lipinski definition) is 5. The molecular formula is C21H25N3O2S2. The fourth-order valence-electron chi connectivity index (χ4n) is 3.66. The molecule has 148 valence electrons. The standard InChI is InChI=1S/C21H25N3O2S2/c1-23-9-11-24(12-10-23)21(19-8-13-27-16-19)15-22-28(25,26)20-7-6-17-4-2-3-5-18(17)14-20/h2-8,13-14,16,21-22H,9-12,15H2,1H3/t21-/m1/s1. The molecule has 0 unspecified atom stereocenters. The van der Waals surface area contributed by atoms with Crippen LogP contribution in [0.4, 0.5) is 0 Å². The number of sulfonamides is 1. The summed E-state index contributed by atoms with van der Waals surface area (Å²) >= 11 is 1.65. The van der Waals surface area contributed by atoms with E-state index in [0.717, 1.165) is 37.0 Å². The Morgan fingerprint density at radius 2 is 1.79 bits per heavy atom. The second-order valence-electron chi connectivity index (χ2n) is 7.27. The fourth-order valence-corrected chi connectivity index (χ4v) is 5.44. The van der Waals surface area contributed by atoms with Crippen molar-refractivity contribution < 1.29 is 8.42 Å². The third-order valence-electron chi connectivity index (χ3n) is 5.40. The topological polar surface area (TPSA) is 52.6 Å². The minimum atomic E-state index is -3.57. The number of nitrogens with zero attached hydrogens (tertiary/aromatic N) is 2. The van der Waals surface area contributed by atoms with E-state index in [4.69, 9.17) is 0 Å². The van der Waals surface area contributed by atoms with Gasteiger partial charge >= 0.3 is 0 Å². The van der Waals surface area contributed by atoms with Gasteiger partial charge in [0.2, 0.25) is 10.0 Å². The SMILES string of the molecule is CN1CCN([C@H](CNS(=O)(=O)c2ccc3ccccc3c2)c2ccsc2)CC1. The summed E-state index contributed by atoms with van der Waals surface area (Å²) in [5, 5.41) is 6.14. The highest BCUT2D eigenvalue weighted by atomic mass is 32.2. The van der Waals surface area contributed by atoms with E-state index in [1.54, 1.807) is 23.5 Å². The molecule has 0 spiro atoms. The predicted molar refractivity (Wildman–Crippen MR) is 115 cm³/mol. The van der Waals surface area contributed by atoms with E-state index in [1.165, 1.54) is 5.56 Å². The van der Waals surface area contributed by atoms with Crippen LogP contribution < -0.4 is 4.72 Å². The van der Waals surface area contributed by atoms with Gasteiger partial charge in [0.05, 0.1) is 4.90 Å². The first kappa shape index (κ1) is 19.5. The van der Waals surface area contributed by atoms with E-state index < -0.39 is 10.0 Å². The molecule has 5 nitrogen and oxygen atoms in total. The van der Waals surface area contributed by atoms with Crippen molar-refractivity contribution in [3.63, 3.8) is 0 Å². The number of benzene rings is 2. The molecule has 0 aliphatic carbocycles. The molecule has 0 saturated carbocycles. The number of piperazine rings is 1. The van der Waals surface area contributed by atoms with Crippen LogP contribution in [-0.2, 0) is 10.0 Å². The van der Waals surface area contributed by atoms with Gasteiger partial charge in [0.15, 0.2) is 0 Å². The Labute approximate surface area is 170 Å². The monoisotopic (exact) mass is 415 g/mol. The Kier molecular flexibility index (Phi) is 5.80. The Bertz CT molecular complexity index is 1030. The van der Waals surface area contributed by atoms with Gasteiger partial charge in [-0.3, -0.25) is 4.90 Å². The lowest BCUT2D eigenvalue weighted by atomic mass is 10.1. The molecule has 3 aromatic rings. The van der Waals surface area contributed by atoms with Gasteiger partial charge in [-0.05, 0) is 52.3 Å². The van der Waals surface area contributed by atoms with Crippen molar-refractivity contribution in [3.05, 3.63) is 64.9 Å². The van der Waals surface area contributed by atoms with Crippen LogP contribution in [0, 0.1) is 0 Å². The maximum atomic E-state index is 12.9. The van der Waals surface area contributed by atoms with Gasteiger partial charge in [0.25, 0.3) is 0 Å². The summed E-state index contributed by atoms with van der Waals surface area (Å²) < 4.78 is 28.8. The van der Waals surface area contributed by atoms with E-state index in [9.17, 15) is 8.42 Å². The van der Waals surface area contributed by atoms with Crippen LogP contribution >= 0.6 is 11.3 Å². The van der Waals surface area contributed by atoms with Gasteiger partial charge in [0.1, 0.15) is 0 Å². The summed E-state index contributed by atoms with van der Waals surface area (Å²) in [5.41, 5.74) is 1.18. The van der Waals surface area contributed by atoms with Crippen molar-refractivity contribution in [1.82, 2.24) is 14.5 Å². The average Bonchev–Trinajstić information content (AvgIpc) is 3.23. The van der Waals surface area contributed by atoms with Crippen molar-refractivity contribution in [2.75, 3.05) is 39.8 Å². The summed E-state index contributed by atoms with van der Waals surface area (Å²) in [6, 6.07) is 15.2. The molecule has 28 heavy (non-hydrogen) atoms. The van der Waals surface area contributed by atoms with Crippen LogP contribution in [0.15, 0.2) is 64.2 Å². The molecule has 0 radical (unpaired) electrons. The van der Waals surface area contributed by atoms with E-state index in [0.29, 0.717) is 11.4 Å². The van der Waals surface area contributed by atoms with E-state index >= 15 is 0 Å². The third-order valence-corrected chi connectivity index (χ3v) is 7.53.